The lowest BCUT2D eigenvalue weighted by Crippen LogP contribution is -2.25. The van der Waals surface area contributed by atoms with Gasteiger partial charge in [0.1, 0.15) is 23.9 Å². The highest BCUT2D eigenvalue weighted by molar-refractivity contribution is 5.50. The summed E-state index contributed by atoms with van der Waals surface area (Å²) < 4.78 is 17.4. The fourth-order valence-electron chi connectivity index (χ4n) is 4.01. The third-order valence-corrected chi connectivity index (χ3v) is 5.42. The molecule has 2 aromatic carbocycles. The van der Waals surface area contributed by atoms with Crippen LogP contribution in [0, 0.1) is 0 Å². The van der Waals surface area contributed by atoms with Gasteiger partial charge in [-0.25, -0.2) is 0 Å². The Morgan fingerprint density at radius 2 is 1.92 bits per heavy atom. The van der Waals surface area contributed by atoms with E-state index in [9.17, 15) is 0 Å². The zero-order valence-corrected chi connectivity index (χ0v) is 15.4. The van der Waals surface area contributed by atoms with Crippen molar-refractivity contribution in [2.75, 3.05) is 40.0 Å². The quantitative estimate of drug-likeness (QED) is 0.783. The topological polar surface area (TPSA) is 30.9 Å². The highest BCUT2D eigenvalue weighted by atomic mass is 16.5. The number of likely N-dealkylation sites (tertiary alicyclic amines) is 1. The van der Waals surface area contributed by atoms with E-state index in [1.54, 1.807) is 7.11 Å². The normalized spacial score (nSPS) is 19.7. The van der Waals surface area contributed by atoms with E-state index in [-0.39, 0.29) is 0 Å². The summed E-state index contributed by atoms with van der Waals surface area (Å²) in [7, 11) is 1.69. The van der Waals surface area contributed by atoms with Crippen LogP contribution in [-0.2, 0) is 0 Å². The SMILES string of the molecule is COc1ccc2c(c1)OCCC2c1ccccc1OCCN1CCCC1. The number of hydrogen-bond donors (Lipinski definition) is 0. The van der Waals surface area contributed by atoms with Crippen LogP contribution >= 0.6 is 0 Å². The summed E-state index contributed by atoms with van der Waals surface area (Å²) in [5.41, 5.74) is 2.47. The summed E-state index contributed by atoms with van der Waals surface area (Å²) in [5, 5.41) is 0. The Balaban J connectivity index is 1.53. The molecular formula is C22H27NO3. The Labute approximate surface area is 155 Å². The van der Waals surface area contributed by atoms with Crippen LogP contribution < -0.4 is 14.2 Å². The molecule has 4 rings (SSSR count). The zero-order chi connectivity index (χ0) is 17.8. The molecule has 138 valence electrons. The van der Waals surface area contributed by atoms with Gasteiger partial charge in [-0.15, -0.1) is 0 Å². The maximum absolute atomic E-state index is 6.21. The van der Waals surface area contributed by atoms with E-state index in [2.05, 4.69) is 35.2 Å². The highest BCUT2D eigenvalue weighted by Crippen LogP contribution is 2.42. The molecule has 2 aliphatic rings. The molecule has 0 spiro atoms. The average molecular weight is 353 g/mol. The van der Waals surface area contributed by atoms with Gasteiger partial charge in [0.15, 0.2) is 0 Å². The van der Waals surface area contributed by atoms with Gasteiger partial charge in [-0.3, -0.25) is 4.90 Å². The maximum atomic E-state index is 6.21. The molecule has 1 atom stereocenters. The summed E-state index contributed by atoms with van der Waals surface area (Å²) in [4.78, 5) is 2.48. The summed E-state index contributed by atoms with van der Waals surface area (Å²) in [6.07, 6.45) is 3.60. The molecular weight excluding hydrogens is 326 g/mol. The molecule has 2 aliphatic heterocycles. The third kappa shape index (κ3) is 3.65. The predicted molar refractivity (Wildman–Crippen MR) is 103 cm³/mol. The molecule has 0 aliphatic carbocycles. The first-order valence-corrected chi connectivity index (χ1v) is 9.60. The lowest BCUT2D eigenvalue weighted by molar-refractivity contribution is 0.233. The van der Waals surface area contributed by atoms with Crippen molar-refractivity contribution >= 4 is 0 Å². The lowest BCUT2D eigenvalue weighted by Gasteiger charge is -2.28. The highest BCUT2D eigenvalue weighted by Gasteiger charge is 2.26. The molecule has 0 radical (unpaired) electrons. The summed E-state index contributed by atoms with van der Waals surface area (Å²) >= 11 is 0. The summed E-state index contributed by atoms with van der Waals surface area (Å²) in [6, 6.07) is 14.6. The van der Waals surface area contributed by atoms with Gasteiger partial charge in [-0.2, -0.15) is 0 Å². The third-order valence-electron chi connectivity index (χ3n) is 5.42. The van der Waals surface area contributed by atoms with Gasteiger partial charge in [0.25, 0.3) is 0 Å². The molecule has 4 nitrogen and oxygen atoms in total. The molecule has 1 unspecified atom stereocenters. The molecule has 1 fully saturated rings. The summed E-state index contributed by atoms with van der Waals surface area (Å²) in [5.74, 6) is 3.06. The minimum Gasteiger partial charge on any atom is -0.497 e. The number of hydrogen-bond acceptors (Lipinski definition) is 4. The summed E-state index contributed by atoms with van der Waals surface area (Å²) in [6.45, 7) is 4.89. The van der Waals surface area contributed by atoms with Crippen molar-refractivity contribution in [2.24, 2.45) is 0 Å². The van der Waals surface area contributed by atoms with Crippen LogP contribution in [0.1, 0.15) is 36.3 Å². The van der Waals surface area contributed by atoms with Crippen molar-refractivity contribution in [3.05, 3.63) is 53.6 Å². The molecule has 2 heterocycles. The predicted octanol–water partition coefficient (Wildman–Crippen LogP) is 4.08. The van der Waals surface area contributed by atoms with Crippen LogP contribution in [0.25, 0.3) is 0 Å². The van der Waals surface area contributed by atoms with Gasteiger partial charge in [0.2, 0.25) is 0 Å². The van der Waals surface area contributed by atoms with E-state index >= 15 is 0 Å². The Hall–Kier alpha value is -2.20. The van der Waals surface area contributed by atoms with Crippen LogP contribution in [0.3, 0.4) is 0 Å². The second kappa shape index (κ2) is 8.00. The first-order chi connectivity index (χ1) is 12.8. The number of para-hydroxylation sites is 1. The molecule has 26 heavy (non-hydrogen) atoms. The van der Waals surface area contributed by atoms with Gasteiger partial charge in [0.05, 0.1) is 13.7 Å². The van der Waals surface area contributed by atoms with Crippen LogP contribution in [0.2, 0.25) is 0 Å². The smallest absolute Gasteiger partial charge is 0.126 e. The van der Waals surface area contributed by atoms with Crippen molar-refractivity contribution < 1.29 is 14.2 Å². The van der Waals surface area contributed by atoms with Crippen molar-refractivity contribution in [1.82, 2.24) is 4.90 Å². The van der Waals surface area contributed by atoms with E-state index in [0.29, 0.717) is 12.5 Å². The molecule has 0 N–H and O–H groups in total. The van der Waals surface area contributed by atoms with Crippen LogP contribution in [0.15, 0.2) is 42.5 Å². The largest absolute Gasteiger partial charge is 0.497 e. The fourth-order valence-corrected chi connectivity index (χ4v) is 4.01. The molecule has 4 heteroatoms. The van der Waals surface area contributed by atoms with Gasteiger partial charge >= 0.3 is 0 Å². The number of fused-ring (bicyclic) bond motifs is 1. The monoisotopic (exact) mass is 353 g/mol. The second-order valence-corrected chi connectivity index (χ2v) is 7.03. The Morgan fingerprint density at radius 1 is 1.08 bits per heavy atom. The van der Waals surface area contributed by atoms with E-state index in [1.165, 1.54) is 37.1 Å². The first kappa shape index (κ1) is 17.2. The number of ether oxygens (including phenoxy) is 3. The Kier molecular flexibility index (Phi) is 5.30. The van der Waals surface area contributed by atoms with Crippen LogP contribution in [-0.4, -0.2) is 44.9 Å². The van der Waals surface area contributed by atoms with Gasteiger partial charge < -0.3 is 14.2 Å². The van der Waals surface area contributed by atoms with Gasteiger partial charge in [0, 0.05) is 29.7 Å². The molecule has 1 saturated heterocycles. The molecule has 0 amide bonds. The van der Waals surface area contributed by atoms with E-state index in [1.807, 2.05) is 12.1 Å². The molecule has 0 saturated carbocycles. The van der Waals surface area contributed by atoms with E-state index in [4.69, 9.17) is 14.2 Å². The van der Waals surface area contributed by atoms with Crippen molar-refractivity contribution in [1.29, 1.82) is 0 Å². The minimum atomic E-state index is 0.299. The first-order valence-electron chi connectivity index (χ1n) is 9.60. The van der Waals surface area contributed by atoms with Crippen LogP contribution in [0.5, 0.6) is 17.2 Å². The maximum Gasteiger partial charge on any atom is 0.126 e. The Morgan fingerprint density at radius 3 is 2.77 bits per heavy atom. The minimum absolute atomic E-state index is 0.299. The number of nitrogens with zero attached hydrogens (tertiary/aromatic N) is 1. The molecule has 0 aromatic heterocycles. The van der Waals surface area contributed by atoms with E-state index in [0.717, 1.165) is 36.8 Å². The van der Waals surface area contributed by atoms with Crippen molar-refractivity contribution in [3.63, 3.8) is 0 Å². The van der Waals surface area contributed by atoms with Crippen molar-refractivity contribution in [3.8, 4) is 17.2 Å². The van der Waals surface area contributed by atoms with E-state index < -0.39 is 0 Å². The van der Waals surface area contributed by atoms with Crippen molar-refractivity contribution in [2.45, 2.75) is 25.2 Å². The second-order valence-electron chi connectivity index (χ2n) is 7.03. The van der Waals surface area contributed by atoms with Gasteiger partial charge in [-0.05, 0) is 44.5 Å². The van der Waals surface area contributed by atoms with Gasteiger partial charge in [-0.1, -0.05) is 24.3 Å². The molecule has 2 aromatic rings. The van der Waals surface area contributed by atoms with Crippen LogP contribution in [0.4, 0.5) is 0 Å². The standard InChI is InChI=1S/C22H27NO3/c1-24-17-8-9-20-18(10-14-25-22(20)16-17)19-6-2-3-7-21(19)26-15-13-23-11-4-5-12-23/h2-3,6-9,16,18H,4-5,10-15H2,1H3. The number of methoxy groups -OCH3 is 1. The Bertz CT molecular complexity index is 740. The molecule has 0 bridgehead atoms. The zero-order valence-electron chi connectivity index (χ0n) is 15.4. The number of rotatable bonds is 6. The number of benzene rings is 2. The lowest BCUT2D eigenvalue weighted by atomic mass is 9.86. The average Bonchev–Trinajstić information content (AvgIpc) is 3.21. The fraction of sp³-hybridized carbons (Fsp3) is 0.455.